The highest BCUT2D eigenvalue weighted by atomic mass is 35.5. The van der Waals surface area contributed by atoms with Crippen molar-refractivity contribution < 1.29 is 19.1 Å². The van der Waals surface area contributed by atoms with E-state index in [1.165, 1.54) is 19.4 Å². The number of methoxy groups -OCH3 is 1. The smallest absolute Gasteiger partial charge is 0.329 e. The van der Waals surface area contributed by atoms with Gasteiger partial charge in [-0.15, -0.1) is 0 Å². The molecule has 2 aromatic carbocycles. The quantitative estimate of drug-likeness (QED) is 0.461. The molecule has 8 heteroatoms. The van der Waals surface area contributed by atoms with Crippen LogP contribution < -0.4 is 20.2 Å². The van der Waals surface area contributed by atoms with Crippen molar-refractivity contribution in [3.63, 3.8) is 0 Å². The lowest BCUT2D eigenvalue weighted by Gasteiger charge is -2.07. The Morgan fingerprint density at radius 2 is 1.92 bits per heavy atom. The first-order valence-electron chi connectivity index (χ1n) is 7.75. The minimum atomic E-state index is -0.915. The molecule has 26 heavy (non-hydrogen) atoms. The van der Waals surface area contributed by atoms with Gasteiger partial charge in [0.2, 0.25) is 0 Å². The molecule has 0 saturated heterocycles. The standard InChI is InChI=1S/C18H18ClN3O4/c1-3-26-15-7-5-4-6-12(15)11-20-22-18(24)17(23)21-13-8-9-16(25-2)14(19)10-13/h4-11H,3H2,1-2H3,(H,21,23)(H,22,24)/b20-11-. The fourth-order valence-electron chi connectivity index (χ4n) is 2.02. The summed E-state index contributed by atoms with van der Waals surface area (Å²) < 4.78 is 10.5. The predicted molar refractivity (Wildman–Crippen MR) is 100.0 cm³/mol. The first kappa shape index (κ1) is 19.3. The fraction of sp³-hybridized carbons (Fsp3) is 0.167. The molecule has 2 amide bonds. The Kier molecular flexibility index (Phi) is 6.99. The second-order valence-corrected chi connectivity index (χ2v) is 5.38. The zero-order valence-corrected chi connectivity index (χ0v) is 15.0. The normalized spacial score (nSPS) is 10.4. The van der Waals surface area contributed by atoms with Gasteiger partial charge in [-0.25, -0.2) is 5.43 Å². The monoisotopic (exact) mass is 375 g/mol. The number of anilines is 1. The number of halogens is 1. The second-order valence-electron chi connectivity index (χ2n) is 4.97. The Morgan fingerprint density at radius 3 is 2.62 bits per heavy atom. The van der Waals surface area contributed by atoms with Crippen molar-refractivity contribution in [2.75, 3.05) is 19.0 Å². The highest BCUT2D eigenvalue weighted by Crippen LogP contribution is 2.27. The van der Waals surface area contributed by atoms with Gasteiger partial charge < -0.3 is 14.8 Å². The maximum atomic E-state index is 11.9. The number of carbonyl (C=O) groups excluding carboxylic acids is 2. The summed E-state index contributed by atoms with van der Waals surface area (Å²) >= 11 is 5.97. The third-order valence-electron chi connectivity index (χ3n) is 3.20. The molecule has 0 bridgehead atoms. The molecule has 0 aliphatic heterocycles. The van der Waals surface area contributed by atoms with Crippen molar-refractivity contribution in [2.45, 2.75) is 6.92 Å². The number of amides is 2. The van der Waals surface area contributed by atoms with Crippen LogP contribution in [0.25, 0.3) is 0 Å². The van der Waals surface area contributed by atoms with E-state index in [1.54, 1.807) is 24.3 Å². The Morgan fingerprint density at radius 1 is 1.15 bits per heavy atom. The molecule has 0 fully saturated rings. The number of nitrogens with one attached hydrogen (secondary N) is 2. The zero-order valence-electron chi connectivity index (χ0n) is 14.3. The highest BCUT2D eigenvalue weighted by Gasteiger charge is 2.14. The SMILES string of the molecule is CCOc1ccccc1/C=N\NC(=O)C(=O)Nc1ccc(OC)c(Cl)c1. The van der Waals surface area contributed by atoms with Gasteiger partial charge >= 0.3 is 11.8 Å². The summed E-state index contributed by atoms with van der Waals surface area (Å²) in [7, 11) is 1.48. The number of para-hydroxylation sites is 1. The molecule has 136 valence electrons. The minimum Gasteiger partial charge on any atom is -0.495 e. The highest BCUT2D eigenvalue weighted by molar-refractivity contribution is 6.40. The van der Waals surface area contributed by atoms with Crippen molar-refractivity contribution in [3.05, 3.63) is 53.1 Å². The van der Waals surface area contributed by atoms with Crippen LogP contribution in [0, 0.1) is 0 Å². The van der Waals surface area contributed by atoms with Crippen LogP contribution in [0.15, 0.2) is 47.6 Å². The second kappa shape index (κ2) is 9.43. The molecule has 2 aromatic rings. The van der Waals surface area contributed by atoms with Gasteiger partial charge in [0.05, 0.1) is 25.0 Å². The number of ether oxygens (including phenoxy) is 2. The Labute approximate surface area is 155 Å². The van der Waals surface area contributed by atoms with Gasteiger partial charge in [-0.1, -0.05) is 23.7 Å². The lowest BCUT2D eigenvalue weighted by atomic mass is 10.2. The summed E-state index contributed by atoms with van der Waals surface area (Å²) in [5, 5.41) is 6.52. The Bertz CT molecular complexity index is 824. The molecule has 0 atom stereocenters. The van der Waals surface area contributed by atoms with E-state index in [1.807, 2.05) is 19.1 Å². The predicted octanol–water partition coefficient (Wildman–Crippen LogP) is 2.84. The van der Waals surface area contributed by atoms with E-state index >= 15 is 0 Å². The molecule has 0 aliphatic rings. The molecule has 0 unspecified atom stereocenters. The zero-order chi connectivity index (χ0) is 18.9. The summed E-state index contributed by atoms with van der Waals surface area (Å²) in [5.74, 6) is -0.694. The van der Waals surface area contributed by atoms with Crippen molar-refractivity contribution in [1.29, 1.82) is 0 Å². The summed E-state index contributed by atoms with van der Waals surface area (Å²) in [5.41, 5.74) is 3.20. The van der Waals surface area contributed by atoms with E-state index < -0.39 is 11.8 Å². The van der Waals surface area contributed by atoms with Gasteiger partial charge in [-0.05, 0) is 37.3 Å². The molecule has 2 rings (SSSR count). The van der Waals surface area contributed by atoms with Crippen LogP contribution in [-0.4, -0.2) is 31.7 Å². The topological polar surface area (TPSA) is 89.0 Å². The molecule has 0 saturated carbocycles. The van der Waals surface area contributed by atoms with E-state index in [4.69, 9.17) is 21.1 Å². The number of hydrogen-bond acceptors (Lipinski definition) is 5. The van der Waals surface area contributed by atoms with Crippen LogP contribution in [0.2, 0.25) is 5.02 Å². The molecule has 0 aromatic heterocycles. The first-order chi connectivity index (χ1) is 12.5. The van der Waals surface area contributed by atoms with Crippen molar-refractivity contribution >= 4 is 35.3 Å². The lowest BCUT2D eigenvalue weighted by Crippen LogP contribution is -2.32. The molecule has 7 nitrogen and oxygen atoms in total. The summed E-state index contributed by atoms with van der Waals surface area (Å²) in [6, 6.07) is 11.8. The summed E-state index contributed by atoms with van der Waals surface area (Å²) in [6.45, 7) is 2.37. The van der Waals surface area contributed by atoms with Gasteiger partial charge in [0.1, 0.15) is 11.5 Å². The van der Waals surface area contributed by atoms with Gasteiger partial charge in [0.15, 0.2) is 0 Å². The third-order valence-corrected chi connectivity index (χ3v) is 3.50. The summed E-state index contributed by atoms with van der Waals surface area (Å²) in [6.07, 6.45) is 1.40. The van der Waals surface area contributed by atoms with Crippen LogP contribution >= 0.6 is 11.6 Å². The molecular formula is C18H18ClN3O4. The molecule has 0 aliphatic carbocycles. The van der Waals surface area contributed by atoms with Gasteiger partial charge in [-0.3, -0.25) is 9.59 Å². The van der Waals surface area contributed by atoms with Gasteiger partial charge in [-0.2, -0.15) is 5.10 Å². The molecule has 0 radical (unpaired) electrons. The van der Waals surface area contributed by atoms with Crippen LogP contribution in [-0.2, 0) is 9.59 Å². The number of carbonyl (C=O) groups is 2. The number of benzene rings is 2. The first-order valence-corrected chi connectivity index (χ1v) is 8.12. The number of hydrogen-bond donors (Lipinski definition) is 2. The maximum absolute atomic E-state index is 11.9. The van der Waals surface area contributed by atoms with Gasteiger partial charge in [0, 0.05) is 11.3 Å². The summed E-state index contributed by atoms with van der Waals surface area (Å²) in [4.78, 5) is 23.7. The fourth-order valence-corrected chi connectivity index (χ4v) is 2.28. The number of hydrazone groups is 1. The van der Waals surface area contributed by atoms with Crippen molar-refractivity contribution in [1.82, 2.24) is 5.43 Å². The largest absolute Gasteiger partial charge is 0.495 e. The Hall–Kier alpha value is -3.06. The third kappa shape index (κ3) is 5.22. The Balaban J connectivity index is 1.95. The van der Waals surface area contributed by atoms with Crippen molar-refractivity contribution in [2.24, 2.45) is 5.10 Å². The van der Waals surface area contributed by atoms with E-state index in [0.717, 1.165) is 0 Å². The van der Waals surface area contributed by atoms with E-state index in [-0.39, 0.29) is 0 Å². The maximum Gasteiger partial charge on any atom is 0.329 e. The molecule has 2 N–H and O–H groups in total. The van der Waals surface area contributed by atoms with E-state index in [2.05, 4.69) is 15.8 Å². The molecule has 0 heterocycles. The minimum absolute atomic E-state index is 0.316. The lowest BCUT2D eigenvalue weighted by molar-refractivity contribution is -0.136. The average molecular weight is 376 g/mol. The molecule has 0 spiro atoms. The van der Waals surface area contributed by atoms with Crippen LogP contribution in [0.4, 0.5) is 5.69 Å². The van der Waals surface area contributed by atoms with Crippen molar-refractivity contribution in [3.8, 4) is 11.5 Å². The molecular weight excluding hydrogens is 358 g/mol. The van der Waals surface area contributed by atoms with Crippen LogP contribution in [0.1, 0.15) is 12.5 Å². The van der Waals surface area contributed by atoms with Crippen LogP contribution in [0.3, 0.4) is 0 Å². The number of rotatable bonds is 6. The van der Waals surface area contributed by atoms with Gasteiger partial charge in [0.25, 0.3) is 0 Å². The van der Waals surface area contributed by atoms with Crippen LogP contribution in [0.5, 0.6) is 11.5 Å². The van der Waals surface area contributed by atoms with E-state index in [9.17, 15) is 9.59 Å². The average Bonchev–Trinajstić information content (AvgIpc) is 2.63. The van der Waals surface area contributed by atoms with E-state index in [0.29, 0.717) is 34.4 Å². The number of nitrogens with zero attached hydrogens (tertiary/aromatic N) is 1.